The third kappa shape index (κ3) is 4.14. The van der Waals surface area contributed by atoms with E-state index in [1.165, 1.54) is 47.6 Å². The molecule has 2 atom stereocenters. The largest absolute Gasteiger partial charge is 0.612 e. The average molecular weight is 398 g/mol. The summed E-state index contributed by atoms with van der Waals surface area (Å²) in [6.45, 7) is 0. The Balaban J connectivity index is 2.03. The molecule has 9 heteroatoms. The van der Waals surface area contributed by atoms with Gasteiger partial charge in [-0.2, -0.15) is 13.2 Å². The third-order valence-corrected chi connectivity index (χ3v) is 5.19. The van der Waals surface area contributed by atoms with Crippen molar-refractivity contribution in [3.05, 3.63) is 70.7 Å². The van der Waals surface area contributed by atoms with Crippen molar-refractivity contribution in [2.45, 2.75) is 18.6 Å². The van der Waals surface area contributed by atoms with Crippen molar-refractivity contribution in [2.24, 2.45) is 0 Å². The number of hydrogen-bond acceptors (Lipinski definition) is 3. The molecule has 142 valence electrons. The lowest BCUT2D eigenvalue weighted by Crippen LogP contribution is -2.38. The van der Waals surface area contributed by atoms with Crippen LogP contribution < -0.4 is 4.90 Å². The summed E-state index contributed by atoms with van der Waals surface area (Å²) in [6.07, 6.45) is -0.687. The summed E-state index contributed by atoms with van der Waals surface area (Å²) < 4.78 is 63.4. The highest BCUT2D eigenvalue weighted by atomic mass is 32.2. The zero-order valence-corrected chi connectivity index (χ0v) is 14.9. The van der Waals surface area contributed by atoms with Crippen LogP contribution in [0.1, 0.15) is 23.7 Å². The van der Waals surface area contributed by atoms with Gasteiger partial charge in [0.1, 0.15) is 22.7 Å². The van der Waals surface area contributed by atoms with Crippen LogP contribution in [0.3, 0.4) is 0 Å². The number of rotatable bonds is 3. The summed E-state index contributed by atoms with van der Waals surface area (Å²) in [5, 5.41) is 0. The molecule has 1 aliphatic heterocycles. The second-order valence-electron chi connectivity index (χ2n) is 5.94. The topological polar surface area (TPSA) is 56.3 Å². The molecule has 1 aromatic carbocycles. The summed E-state index contributed by atoms with van der Waals surface area (Å²) in [6, 6.07) is 6.54. The molecule has 0 radical (unpaired) electrons. The molecule has 1 aliphatic rings. The molecule has 0 bridgehead atoms. The quantitative estimate of drug-likeness (QED) is 0.581. The van der Waals surface area contributed by atoms with Crippen LogP contribution in [-0.4, -0.2) is 21.7 Å². The van der Waals surface area contributed by atoms with Gasteiger partial charge in [0.2, 0.25) is 0 Å². The second-order valence-corrected chi connectivity index (χ2v) is 7.38. The van der Waals surface area contributed by atoms with Crippen LogP contribution in [0.4, 0.5) is 23.2 Å². The molecular weight excluding hydrogens is 384 g/mol. The Morgan fingerprint density at radius 2 is 1.85 bits per heavy atom. The van der Waals surface area contributed by atoms with Gasteiger partial charge < -0.3 is 9.45 Å². The van der Waals surface area contributed by atoms with E-state index in [1.54, 1.807) is 0 Å². The molecular formula is C18H14F4N2O2S. The molecule has 0 fully saturated rings. The van der Waals surface area contributed by atoms with Crippen LogP contribution >= 0.6 is 0 Å². The van der Waals surface area contributed by atoms with E-state index in [4.69, 9.17) is 0 Å². The fourth-order valence-electron chi connectivity index (χ4n) is 2.85. The molecule has 4 nitrogen and oxygen atoms in total. The van der Waals surface area contributed by atoms with Crippen LogP contribution in [-0.2, 0) is 22.1 Å². The first-order valence-corrected chi connectivity index (χ1v) is 9.38. The number of alkyl halides is 3. The number of aromatic nitrogens is 1. The van der Waals surface area contributed by atoms with E-state index in [0.717, 1.165) is 12.3 Å². The van der Waals surface area contributed by atoms with Crippen molar-refractivity contribution in [3.8, 4) is 0 Å². The lowest BCUT2D eigenvalue weighted by Gasteiger charge is -2.34. The smallest absolute Gasteiger partial charge is 0.433 e. The van der Waals surface area contributed by atoms with Gasteiger partial charge in [-0.05, 0) is 47.1 Å². The van der Waals surface area contributed by atoms with Crippen LogP contribution in [0.25, 0.3) is 0 Å². The number of carbonyl (C=O) groups is 1. The van der Waals surface area contributed by atoms with Crippen molar-refractivity contribution in [2.75, 3.05) is 11.2 Å². The van der Waals surface area contributed by atoms with Gasteiger partial charge in [0.15, 0.2) is 0 Å². The van der Waals surface area contributed by atoms with E-state index in [1.807, 2.05) is 0 Å². The highest BCUT2D eigenvalue weighted by molar-refractivity contribution is 7.94. The highest BCUT2D eigenvalue weighted by Gasteiger charge is 2.36. The fourth-order valence-corrected chi connectivity index (χ4v) is 3.51. The summed E-state index contributed by atoms with van der Waals surface area (Å²) in [7, 11) is 0. The molecule has 27 heavy (non-hydrogen) atoms. The second kappa shape index (κ2) is 7.32. The molecule has 0 saturated heterocycles. The van der Waals surface area contributed by atoms with Crippen molar-refractivity contribution in [3.63, 3.8) is 0 Å². The zero-order valence-electron chi connectivity index (χ0n) is 14.0. The highest BCUT2D eigenvalue weighted by Crippen LogP contribution is 2.38. The average Bonchev–Trinajstić information content (AvgIpc) is 2.61. The molecule has 0 aliphatic carbocycles. The Morgan fingerprint density at radius 1 is 1.19 bits per heavy atom. The number of nitrogens with zero attached hydrogens (tertiary/aromatic N) is 2. The molecule has 3 rings (SSSR count). The monoisotopic (exact) mass is 398 g/mol. The fraction of sp³-hybridized carbons (Fsp3) is 0.222. The Morgan fingerprint density at radius 3 is 2.37 bits per heavy atom. The van der Waals surface area contributed by atoms with E-state index in [2.05, 4.69) is 4.98 Å². The normalized spacial score (nSPS) is 19.0. The van der Waals surface area contributed by atoms with Crippen molar-refractivity contribution in [1.29, 1.82) is 0 Å². The number of amides is 1. The van der Waals surface area contributed by atoms with Crippen LogP contribution in [0, 0.1) is 5.82 Å². The van der Waals surface area contributed by atoms with Gasteiger partial charge in [-0.15, -0.1) is 0 Å². The zero-order chi connectivity index (χ0) is 19.8. The number of anilines is 1. The predicted molar refractivity (Wildman–Crippen MR) is 92.6 cm³/mol. The van der Waals surface area contributed by atoms with E-state index in [-0.39, 0.29) is 6.42 Å². The van der Waals surface area contributed by atoms with Crippen molar-refractivity contribution >= 4 is 22.8 Å². The van der Waals surface area contributed by atoms with E-state index in [9.17, 15) is 26.9 Å². The van der Waals surface area contributed by atoms with Crippen LogP contribution in [0.15, 0.2) is 53.6 Å². The SMILES string of the molecule is C[S+]([O-])C1=CC(=O)N(c2ccc(F)cc2)C(c2ccc(C(F)(F)F)nc2)C1. The molecule has 2 unspecified atom stereocenters. The standard InChI is InChI=1S/C18H14F4N2O2S/c1-27(26)14-8-15(11-2-7-16(23-10-11)18(20,21)22)24(17(25)9-14)13-5-3-12(19)4-6-13/h2-7,9-10,15H,8H2,1H3. The minimum absolute atomic E-state index is 0.166. The molecule has 0 saturated carbocycles. The number of carbonyl (C=O) groups excluding carboxylic acids is 1. The molecule has 2 heterocycles. The van der Waals surface area contributed by atoms with Gasteiger partial charge in [-0.3, -0.25) is 9.78 Å². The molecule has 0 N–H and O–H groups in total. The Labute approximate surface area is 155 Å². The van der Waals surface area contributed by atoms with Gasteiger partial charge in [-0.1, -0.05) is 6.07 Å². The Hall–Kier alpha value is -2.39. The molecule has 2 aromatic rings. The summed E-state index contributed by atoms with van der Waals surface area (Å²) in [5.41, 5.74) is -0.309. The van der Waals surface area contributed by atoms with Gasteiger partial charge in [0.05, 0.1) is 12.1 Å². The van der Waals surface area contributed by atoms with Gasteiger partial charge in [0.25, 0.3) is 5.91 Å². The van der Waals surface area contributed by atoms with Crippen molar-refractivity contribution < 1.29 is 26.9 Å². The van der Waals surface area contributed by atoms with E-state index in [0.29, 0.717) is 16.2 Å². The lowest BCUT2D eigenvalue weighted by molar-refractivity contribution is -0.141. The lowest BCUT2D eigenvalue weighted by atomic mass is 9.98. The molecule has 1 amide bonds. The number of hydrogen-bond donors (Lipinski definition) is 0. The van der Waals surface area contributed by atoms with E-state index >= 15 is 0 Å². The maximum atomic E-state index is 13.2. The Kier molecular flexibility index (Phi) is 5.25. The predicted octanol–water partition coefficient (Wildman–Crippen LogP) is 3.98. The van der Waals surface area contributed by atoms with E-state index < -0.39 is 40.8 Å². The minimum atomic E-state index is -4.58. The first-order valence-electron chi connectivity index (χ1n) is 7.82. The van der Waals surface area contributed by atoms with Crippen molar-refractivity contribution in [1.82, 2.24) is 4.98 Å². The summed E-state index contributed by atoms with van der Waals surface area (Å²) in [5.74, 6) is -0.968. The van der Waals surface area contributed by atoms with Crippen LogP contribution in [0.2, 0.25) is 0 Å². The number of benzene rings is 1. The molecule has 0 spiro atoms. The third-order valence-electron chi connectivity index (χ3n) is 4.16. The van der Waals surface area contributed by atoms with Gasteiger partial charge >= 0.3 is 6.18 Å². The first kappa shape index (κ1) is 19.4. The number of halogens is 4. The van der Waals surface area contributed by atoms with Gasteiger partial charge in [-0.25, -0.2) is 4.39 Å². The van der Waals surface area contributed by atoms with Crippen LogP contribution in [0.5, 0.6) is 0 Å². The first-order chi connectivity index (χ1) is 12.7. The Bertz CT molecular complexity index is 864. The number of pyridine rings is 1. The van der Waals surface area contributed by atoms with Gasteiger partial charge in [0, 0.05) is 18.3 Å². The maximum absolute atomic E-state index is 13.2. The maximum Gasteiger partial charge on any atom is 0.433 e. The minimum Gasteiger partial charge on any atom is -0.612 e. The summed E-state index contributed by atoms with van der Waals surface area (Å²) in [4.78, 5) is 17.8. The molecule has 1 aromatic heterocycles. The summed E-state index contributed by atoms with van der Waals surface area (Å²) >= 11 is -1.41.